The number of alkyl halides is 3. The molecule has 0 atom stereocenters. The number of hydrogen-bond acceptors (Lipinski definition) is 3. The van der Waals surface area contributed by atoms with Gasteiger partial charge in [-0.3, -0.25) is 9.36 Å². The highest BCUT2D eigenvalue weighted by molar-refractivity contribution is 9.10. The van der Waals surface area contributed by atoms with E-state index >= 15 is 0 Å². The topological polar surface area (TPSA) is 55.1 Å². The van der Waals surface area contributed by atoms with E-state index in [9.17, 15) is 23.1 Å². The summed E-state index contributed by atoms with van der Waals surface area (Å²) in [6, 6.07) is 7.94. The lowest BCUT2D eigenvalue weighted by Crippen LogP contribution is -2.21. The van der Waals surface area contributed by atoms with Crippen LogP contribution in [0.4, 0.5) is 13.2 Å². The predicted molar refractivity (Wildman–Crippen MR) is 99.3 cm³/mol. The second kappa shape index (κ2) is 6.23. The van der Waals surface area contributed by atoms with Crippen LogP contribution in [0, 0.1) is 0 Å². The maximum atomic E-state index is 13.0. The van der Waals surface area contributed by atoms with Crippen molar-refractivity contribution >= 4 is 38.5 Å². The van der Waals surface area contributed by atoms with Gasteiger partial charge in [0.25, 0.3) is 5.56 Å². The SMILES string of the molecule is O=c1c2ccc(C(F)(F)F)cc2nc2n1CC/C2=C\c1ccc(O)c(Br)c1. The molecule has 4 nitrogen and oxygen atoms in total. The number of allylic oxidation sites excluding steroid dienone is 1. The van der Waals surface area contributed by atoms with Gasteiger partial charge in [0.1, 0.15) is 11.6 Å². The third-order valence-electron chi connectivity index (χ3n) is 4.49. The molecule has 4 rings (SSSR count). The molecule has 0 fully saturated rings. The van der Waals surface area contributed by atoms with Gasteiger partial charge in [-0.05, 0) is 69.9 Å². The van der Waals surface area contributed by atoms with Crippen molar-refractivity contribution in [3.05, 3.63) is 68.2 Å². The zero-order valence-corrected chi connectivity index (χ0v) is 15.3. The van der Waals surface area contributed by atoms with E-state index in [1.807, 2.05) is 6.08 Å². The van der Waals surface area contributed by atoms with Crippen LogP contribution in [-0.4, -0.2) is 14.7 Å². The average molecular weight is 437 g/mol. The van der Waals surface area contributed by atoms with E-state index in [0.29, 0.717) is 23.3 Å². The summed E-state index contributed by atoms with van der Waals surface area (Å²) in [5, 5.41) is 9.76. The Balaban J connectivity index is 1.87. The lowest BCUT2D eigenvalue weighted by atomic mass is 10.1. The lowest BCUT2D eigenvalue weighted by Gasteiger charge is -2.09. The third kappa shape index (κ3) is 3.14. The third-order valence-corrected chi connectivity index (χ3v) is 5.12. The molecule has 8 heteroatoms. The maximum Gasteiger partial charge on any atom is 0.416 e. The van der Waals surface area contributed by atoms with E-state index in [1.54, 1.807) is 12.1 Å². The number of aromatic nitrogens is 2. The first-order chi connectivity index (χ1) is 12.7. The normalized spacial score (nSPS) is 15.5. The number of rotatable bonds is 1. The molecule has 0 spiro atoms. The molecule has 1 N–H and O–H groups in total. The second-order valence-electron chi connectivity index (χ2n) is 6.25. The Morgan fingerprint density at radius 2 is 1.96 bits per heavy atom. The molecule has 0 saturated carbocycles. The monoisotopic (exact) mass is 436 g/mol. The Kier molecular flexibility index (Phi) is 4.10. The Hall–Kier alpha value is -2.61. The van der Waals surface area contributed by atoms with Crippen LogP contribution in [0.15, 0.2) is 45.7 Å². The highest BCUT2D eigenvalue weighted by Crippen LogP contribution is 2.33. The van der Waals surface area contributed by atoms with Crippen molar-refractivity contribution in [1.82, 2.24) is 9.55 Å². The summed E-state index contributed by atoms with van der Waals surface area (Å²) < 4.78 is 40.9. The van der Waals surface area contributed by atoms with E-state index < -0.39 is 11.7 Å². The molecule has 1 aliphatic rings. The molecule has 0 amide bonds. The van der Waals surface area contributed by atoms with Crippen LogP contribution in [0.3, 0.4) is 0 Å². The van der Waals surface area contributed by atoms with Crippen LogP contribution in [0.1, 0.15) is 23.4 Å². The summed E-state index contributed by atoms with van der Waals surface area (Å²) in [7, 11) is 0. The fourth-order valence-corrected chi connectivity index (χ4v) is 3.54. The summed E-state index contributed by atoms with van der Waals surface area (Å²) in [5.41, 5.74) is 0.378. The number of phenols is 1. The quantitative estimate of drug-likeness (QED) is 0.594. The van der Waals surface area contributed by atoms with E-state index in [2.05, 4.69) is 20.9 Å². The largest absolute Gasteiger partial charge is 0.507 e. The molecule has 0 bridgehead atoms. The highest BCUT2D eigenvalue weighted by atomic mass is 79.9. The smallest absolute Gasteiger partial charge is 0.416 e. The first-order valence-electron chi connectivity index (χ1n) is 8.05. The van der Waals surface area contributed by atoms with E-state index in [4.69, 9.17) is 0 Å². The van der Waals surface area contributed by atoms with Crippen LogP contribution in [0.2, 0.25) is 0 Å². The zero-order valence-electron chi connectivity index (χ0n) is 13.7. The minimum atomic E-state index is -4.50. The molecule has 138 valence electrons. The Bertz CT molecular complexity index is 1170. The van der Waals surface area contributed by atoms with Gasteiger partial charge >= 0.3 is 6.18 Å². The summed E-state index contributed by atoms with van der Waals surface area (Å²) in [6.45, 7) is 0.420. The van der Waals surface area contributed by atoms with Gasteiger partial charge in [-0.2, -0.15) is 13.2 Å². The molecule has 27 heavy (non-hydrogen) atoms. The fourth-order valence-electron chi connectivity index (χ4n) is 3.14. The number of nitrogens with zero attached hydrogens (tertiary/aromatic N) is 2. The predicted octanol–water partition coefficient (Wildman–Crippen LogP) is 4.83. The Morgan fingerprint density at radius 1 is 1.19 bits per heavy atom. The summed E-state index contributed by atoms with van der Waals surface area (Å²) in [6.07, 6.45) is -2.14. The van der Waals surface area contributed by atoms with Crippen LogP contribution in [-0.2, 0) is 12.7 Å². The molecule has 0 saturated heterocycles. The summed E-state index contributed by atoms with van der Waals surface area (Å²) in [4.78, 5) is 17.0. The van der Waals surface area contributed by atoms with Gasteiger partial charge in [0, 0.05) is 6.54 Å². The second-order valence-corrected chi connectivity index (χ2v) is 7.11. The molecule has 2 aromatic carbocycles. The van der Waals surface area contributed by atoms with Crippen LogP contribution >= 0.6 is 15.9 Å². The van der Waals surface area contributed by atoms with Crippen LogP contribution < -0.4 is 5.56 Å². The number of benzene rings is 2. The van der Waals surface area contributed by atoms with E-state index in [-0.39, 0.29) is 22.2 Å². The molecule has 1 aromatic heterocycles. The molecule has 0 radical (unpaired) electrons. The first-order valence-corrected chi connectivity index (χ1v) is 8.84. The van der Waals surface area contributed by atoms with Gasteiger partial charge < -0.3 is 5.11 Å². The minimum Gasteiger partial charge on any atom is -0.507 e. The molecular formula is C19H12BrF3N2O2. The van der Waals surface area contributed by atoms with E-state index in [0.717, 1.165) is 23.3 Å². The van der Waals surface area contributed by atoms with Crippen molar-refractivity contribution in [2.24, 2.45) is 0 Å². The average Bonchev–Trinajstić information content (AvgIpc) is 3.00. The van der Waals surface area contributed by atoms with E-state index in [1.165, 1.54) is 16.7 Å². The highest BCUT2D eigenvalue weighted by Gasteiger charge is 2.31. The van der Waals surface area contributed by atoms with Crippen molar-refractivity contribution in [3.63, 3.8) is 0 Å². The van der Waals surface area contributed by atoms with Gasteiger partial charge in [-0.25, -0.2) is 4.98 Å². The van der Waals surface area contributed by atoms with Gasteiger partial charge in [0.15, 0.2) is 0 Å². The Labute approximate surface area is 159 Å². The number of fused-ring (bicyclic) bond motifs is 2. The standard InChI is InChI=1S/C19H12BrF3N2O2/c20-14-8-10(1-4-16(14)26)7-11-5-6-25-17(11)24-15-9-12(19(21,22)23)2-3-13(15)18(25)27/h1-4,7-9,26H,5-6H2/b11-7+. The zero-order chi connectivity index (χ0) is 19.3. The van der Waals surface area contributed by atoms with Crippen molar-refractivity contribution in [3.8, 4) is 5.75 Å². The molecule has 0 aliphatic carbocycles. The minimum absolute atomic E-state index is 0.0285. The first kappa shape index (κ1) is 17.8. The number of phenolic OH excluding ortho intramolecular Hbond substituents is 1. The molecule has 2 heterocycles. The van der Waals surface area contributed by atoms with Crippen molar-refractivity contribution < 1.29 is 18.3 Å². The number of hydrogen-bond donors (Lipinski definition) is 1. The van der Waals surface area contributed by atoms with Gasteiger partial charge in [0.05, 0.1) is 20.9 Å². The van der Waals surface area contributed by atoms with Gasteiger partial charge in [-0.15, -0.1) is 0 Å². The number of halogens is 4. The summed E-state index contributed by atoms with van der Waals surface area (Å²) in [5.74, 6) is 0.472. The molecule has 0 unspecified atom stereocenters. The molecule has 3 aromatic rings. The summed E-state index contributed by atoms with van der Waals surface area (Å²) >= 11 is 3.24. The Morgan fingerprint density at radius 3 is 2.67 bits per heavy atom. The molecular weight excluding hydrogens is 425 g/mol. The van der Waals surface area contributed by atoms with Crippen molar-refractivity contribution in [1.29, 1.82) is 0 Å². The van der Waals surface area contributed by atoms with Crippen LogP contribution in [0.5, 0.6) is 5.75 Å². The molecule has 1 aliphatic heterocycles. The van der Waals surface area contributed by atoms with Crippen molar-refractivity contribution in [2.75, 3.05) is 0 Å². The maximum absolute atomic E-state index is 13.0. The van der Waals surface area contributed by atoms with Crippen molar-refractivity contribution in [2.45, 2.75) is 19.1 Å². The van der Waals surface area contributed by atoms with Gasteiger partial charge in [-0.1, -0.05) is 6.07 Å². The van der Waals surface area contributed by atoms with Crippen LogP contribution in [0.25, 0.3) is 22.6 Å². The van der Waals surface area contributed by atoms with Gasteiger partial charge in [0.2, 0.25) is 0 Å². The fraction of sp³-hybridized carbons (Fsp3) is 0.158. The number of aromatic hydroxyl groups is 1. The lowest BCUT2D eigenvalue weighted by molar-refractivity contribution is -0.137.